The fourth-order valence-electron chi connectivity index (χ4n) is 2.22. The Balaban J connectivity index is 2.53. The van der Waals surface area contributed by atoms with Gasteiger partial charge < -0.3 is 5.32 Å². The van der Waals surface area contributed by atoms with Crippen molar-refractivity contribution in [2.45, 2.75) is 19.9 Å². The van der Waals surface area contributed by atoms with Crippen molar-refractivity contribution in [1.29, 1.82) is 0 Å². The smallest absolute Gasteiger partial charge is 0.131 e. The highest BCUT2D eigenvalue weighted by Gasteiger charge is 2.21. The second-order valence-electron chi connectivity index (χ2n) is 4.63. The first-order chi connectivity index (χ1) is 9.54. The van der Waals surface area contributed by atoms with Gasteiger partial charge in [0.1, 0.15) is 17.5 Å². The lowest BCUT2D eigenvalue weighted by Gasteiger charge is -2.21. The highest BCUT2D eigenvalue weighted by Crippen LogP contribution is 2.28. The summed E-state index contributed by atoms with van der Waals surface area (Å²) < 4.78 is 41.2. The van der Waals surface area contributed by atoms with Crippen LogP contribution in [0.15, 0.2) is 36.4 Å². The second kappa shape index (κ2) is 6.09. The fraction of sp³-hybridized carbons (Fsp3) is 0.250. The van der Waals surface area contributed by atoms with E-state index in [1.54, 1.807) is 25.1 Å². The Kier molecular flexibility index (Phi) is 4.45. The molecule has 1 nitrogen and oxygen atoms in total. The number of nitrogens with one attached hydrogen (secondary N) is 1. The van der Waals surface area contributed by atoms with E-state index in [9.17, 15) is 13.2 Å². The molecule has 1 atom stereocenters. The van der Waals surface area contributed by atoms with Crippen LogP contribution in [0.2, 0.25) is 0 Å². The molecule has 1 unspecified atom stereocenters. The first kappa shape index (κ1) is 14.6. The number of benzene rings is 2. The largest absolute Gasteiger partial charge is 0.306 e. The summed E-state index contributed by atoms with van der Waals surface area (Å²) in [5.41, 5.74) is 1.09. The Hall–Kier alpha value is -1.81. The number of hydrogen-bond acceptors (Lipinski definition) is 1. The molecule has 0 aliphatic carbocycles. The van der Waals surface area contributed by atoms with E-state index in [1.807, 2.05) is 6.92 Å². The molecule has 0 saturated carbocycles. The predicted molar refractivity (Wildman–Crippen MR) is 73.0 cm³/mol. The molecule has 0 heterocycles. The van der Waals surface area contributed by atoms with Crippen molar-refractivity contribution in [1.82, 2.24) is 5.32 Å². The van der Waals surface area contributed by atoms with Gasteiger partial charge in [-0.2, -0.15) is 0 Å². The van der Waals surface area contributed by atoms with Crippen molar-refractivity contribution in [3.63, 3.8) is 0 Å². The summed E-state index contributed by atoms with van der Waals surface area (Å²) in [7, 11) is 0. The Bertz CT molecular complexity index is 611. The first-order valence-electron chi connectivity index (χ1n) is 6.48. The van der Waals surface area contributed by atoms with Crippen molar-refractivity contribution >= 4 is 0 Å². The Morgan fingerprint density at radius 3 is 2.45 bits per heavy atom. The molecule has 0 fully saturated rings. The molecule has 0 aromatic heterocycles. The van der Waals surface area contributed by atoms with Gasteiger partial charge in [0, 0.05) is 17.2 Å². The molecule has 0 spiro atoms. The highest BCUT2D eigenvalue weighted by molar-refractivity contribution is 5.36. The van der Waals surface area contributed by atoms with Gasteiger partial charge in [-0.3, -0.25) is 0 Å². The molecule has 0 saturated heterocycles. The highest BCUT2D eigenvalue weighted by atomic mass is 19.1. The third-order valence-corrected chi connectivity index (χ3v) is 3.21. The summed E-state index contributed by atoms with van der Waals surface area (Å²) >= 11 is 0. The van der Waals surface area contributed by atoms with E-state index in [1.165, 1.54) is 12.1 Å². The van der Waals surface area contributed by atoms with E-state index in [2.05, 4.69) is 5.32 Å². The van der Waals surface area contributed by atoms with E-state index in [4.69, 9.17) is 0 Å². The summed E-state index contributed by atoms with van der Waals surface area (Å²) in [4.78, 5) is 0. The molecular weight excluding hydrogens is 263 g/mol. The SMILES string of the molecule is CCNC(c1ccc(F)cc1F)c1cccc(C)c1F. The van der Waals surface area contributed by atoms with Crippen LogP contribution in [0.4, 0.5) is 13.2 Å². The Morgan fingerprint density at radius 1 is 1.05 bits per heavy atom. The minimum absolute atomic E-state index is 0.234. The van der Waals surface area contributed by atoms with Crippen LogP contribution in [-0.2, 0) is 0 Å². The van der Waals surface area contributed by atoms with Crippen LogP contribution in [0, 0.1) is 24.4 Å². The minimum Gasteiger partial charge on any atom is -0.306 e. The van der Waals surface area contributed by atoms with E-state index in [0.717, 1.165) is 6.07 Å². The van der Waals surface area contributed by atoms with E-state index in [-0.39, 0.29) is 11.4 Å². The second-order valence-corrected chi connectivity index (χ2v) is 4.63. The molecule has 0 amide bonds. The Morgan fingerprint density at radius 2 is 1.80 bits per heavy atom. The summed E-state index contributed by atoms with van der Waals surface area (Å²) in [6.07, 6.45) is 0. The van der Waals surface area contributed by atoms with Crippen LogP contribution in [-0.4, -0.2) is 6.54 Å². The average molecular weight is 279 g/mol. The van der Waals surface area contributed by atoms with Crippen LogP contribution in [0.5, 0.6) is 0 Å². The summed E-state index contributed by atoms with van der Waals surface area (Å²) in [6, 6.07) is 7.69. The normalized spacial score (nSPS) is 12.4. The van der Waals surface area contributed by atoms with E-state index >= 15 is 0 Å². The maximum atomic E-state index is 14.2. The van der Waals surface area contributed by atoms with Gasteiger partial charge in [-0.15, -0.1) is 0 Å². The number of halogens is 3. The van der Waals surface area contributed by atoms with Gasteiger partial charge in [-0.05, 0) is 25.1 Å². The van der Waals surface area contributed by atoms with Gasteiger partial charge in [0.25, 0.3) is 0 Å². The van der Waals surface area contributed by atoms with Gasteiger partial charge in [0.2, 0.25) is 0 Å². The predicted octanol–water partition coefficient (Wildman–Crippen LogP) is 4.11. The molecule has 2 rings (SSSR count). The number of rotatable bonds is 4. The lowest BCUT2D eigenvalue weighted by Crippen LogP contribution is -2.24. The van der Waals surface area contributed by atoms with Crippen molar-refractivity contribution < 1.29 is 13.2 Å². The van der Waals surface area contributed by atoms with Gasteiger partial charge in [0.15, 0.2) is 0 Å². The zero-order valence-electron chi connectivity index (χ0n) is 11.4. The van der Waals surface area contributed by atoms with Crippen LogP contribution in [0.1, 0.15) is 29.7 Å². The van der Waals surface area contributed by atoms with Crippen molar-refractivity contribution in [2.75, 3.05) is 6.54 Å². The third kappa shape index (κ3) is 2.85. The van der Waals surface area contributed by atoms with Crippen molar-refractivity contribution in [3.05, 3.63) is 70.5 Å². The quantitative estimate of drug-likeness (QED) is 0.888. The first-order valence-corrected chi connectivity index (χ1v) is 6.48. The molecule has 2 aromatic rings. The molecule has 4 heteroatoms. The summed E-state index contributed by atoms with van der Waals surface area (Å²) in [6.45, 7) is 4.04. The molecule has 106 valence electrons. The zero-order chi connectivity index (χ0) is 14.7. The lowest BCUT2D eigenvalue weighted by atomic mass is 9.96. The van der Waals surface area contributed by atoms with Crippen LogP contribution < -0.4 is 5.32 Å². The Labute approximate surface area is 116 Å². The number of aryl methyl sites for hydroxylation is 1. The molecule has 2 aromatic carbocycles. The monoisotopic (exact) mass is 279 g/mol. The fourth-order valence-corrected chi connectivity index (χ4v) is 2.22. The lowest BCUT2D eigenvalue weighted by molar-refractivity contribution is 0.519. The van der Waals surface area contributed by atoms with Crippen LogP contribution in [0.3, 0.4) is 0 Å². The topological polar surface area (TPSA) is 12.0 Å². The third-order valence-electron chi connectivity index (χ3n) is 3.21. The molecule has 1 N–H and O–H groups in total. The maximum Gasteiger partial charge on any atom is 0.131 e. The van der Waals surface area contributed by atoms with Gasteiger partial charge in [0.05, 0.1) is 6.04 Å². The van der Waals surface area contributed by atoms with Crippen molar-refractivity contribution in [2.24, 2.45) is 0 Å². The summed E-state index contributed by atoms with van der Waals surface area (Å²) in [5.74, 6) is -1.70. The number of hydrogen-bond donors (Lipinski definition) is 1. The molecule has 20 heavy (non-hydrogen) atoms. The average Bonchev–Trinajstić information content (AvgIpc) is 2.40. The minimum atomic E-state index is -0.683. The van der Waals surface area contributed by atoms with Gasteiger partial charge >= 0.3 is 0 Å². The molecule has 0 aliphatic heterocycles. The summed E-state index contributed by atoms with van der Waals surface area (Å²) in [5, 5.41) is 3.04. The maximum absolute atomic E-state index is 14.2. The van der Waals surface area contributed by atoms with Gasteiger partial charge in [-0.25, -0.2) is 13.2 Å². The molecule has 0 bridgehead atoms. The van der Waals surface area contributed by atoms with E-state index < -0.39 is 17.7 Å². The standard InChI is InChI=1S/C16H16F3N/c1-3-20-16(12-8-7-11(17)9-14(12)18)13-6-4-5-10(2)15(13)19/h4-9,16,20H,3H2,1-2H3. The zero-order valence-corrected chi connectivity index (χ0v) is 11.4. The van der Waals surface area contributed by atoms with Crippen LogP contribution >= 0.6 is 0 Å². The van der Waals surface area contributed by atoms with Crippen LogP contribution in [0.25, 0.3) is 0 Å². The van der Waals surface area contributed by atoms with Gasteiger partial charge in [-0.1, -0.05) is 31.2 Å². The molecule has 0 radical (unpaired) electrons. The molecule has 0 aliphatic rings. The van der Waals surface area contributed by atoms with Crippen molar-refractivity contribution in [3.8, 4) is 0 Å². The van der Waals surface area contributed by atoms with E-state index in [0.29, 0.717) is 17.7 Å². The molecular formula is C16H16F3N.